The Morgan fingerprint density at radius 3 is 2.35 bits per heavy atom. The lowest BCUT2D eigenvalue weighted by Crippen LogP contribution is -2.37. The first-order chi connectivity index (χ1) is 16.4. The molecule has 3 aromatic rings. The summed E-state index contributed by atoms with van der Waals surface area (Å²) in [6, 6.07) is 5.14. The summed E-state index contributed by atoms with van der Waals surface area (Å²) in [6.07, 6.45) is 3.11. The van der Waals surface area contributed by atoms with Crippen molar-refractivity contribution in [3.8, 4) is 28.5 Å². The van der Waals surface area contributed by atoms with Crippen molar-refractivity contribution in [3.05, 3.63) is 36.4 Å². The standard InChI is InChI=1S/C21H26N6O6S/c1-31-17-9-14(10-18(32-2)20(17)33-3)15-11-16(25-24-15)21(28)26-5-4-6-27(8-7-26)34(29,30)19-12-22-13-23-19/h9-13H,4-8H2,1-3H3,(H,22,23)(H,24,25). The highest BCUT2D eigenvalue weighted by atomic mass is 32.2. The molecular weight excluding hydrogens is 464 g/mol. The molecule has 0 atom stereocenters. The first-order valence-corrected chi connectivity index (χ1v) is 12.0. The van der Waals surface area contributed by atoms with Crippen molar-refractivity contribution in [3.63, 3.8) is 0 Å². The van der Waals surface area contributed by atoms with Crippen LogP contribution in [0.15, 0.2) is 35.7 Å². The molecule has 0 unspecified atom stereocenters. The van der Waals surface area contributed by atoms with E-state index in [1.165, 1.54) is 38.2 Å². The van der Waals surface area contributed by atoms with Crippen LogP contribution >= 0.6 is 0 Å². The van der Waals surface area contributed by atoms with E-state index >= 15 is 0 Å². The number of rotatable bonds is 7. The largest absolute Gasteiger partial charge is 0.493 e. The molecule has 2 aromatic heterocycles. The highest BCUT2D eigenvalue weighted by Gasteiger charge is 2.30. The van der Waals surface area contributed by atoms with Crippen LogP contribution in [0.1, 0.15) is 16.9 Å². The van der Waals surface area contributed by atoms with Gasteiger partial charge < -0.3 is 24.1 Å². The minimum Gasteiger partial charge on any atom is -0.493 e. The zero-order valence-electron chi connectivity index (χ0n) is 19.1. The van der Waals surface area contributed by atoms with Crippen LogP contribution in [-0.2, 0) is 10.0 Å². The number of H-pyrrole nitrogens is 2. The van der Waals surface area contributed by atoms with E-state index in [1.807, 2.05) is 0 Å². The number of sulfonamides is 1. The third-order valence-electron chi connectivity index (χ3n) is 5.60. The molecule has 1 fully saturated rings. The van der Waals surface area contributed by atoms with Gasteiger partial charge in [0.15, 0.2) is 16.5 Å². The SMILES string of the molecule is COc1cc(-c2cc(C(=O)N3CCCN(S(=O)(=O)c4cnc[nH]4)CC3)[nH]n2)cc(OC)c1OC. The van der Waals surface area contributed by atoms with E-state index in [-0.39, 0.29) is 24.0 Å². The number of methoxy groups -OCH3 is 3. The van der Waals surface area contributed by atoms with Gasteiger partial charge in [-0.3, -0.25) is 9.89 Å². The lowest BCUT2D eigenvalue weighted by Gasteiger charge is -2.20. The molecule has 182 valence electrons. The van der Waals surface area contributed by atoms with E-state index in [4.69, 9.17) is 14.2 Å². The van der Waals surface area contributed by atoms with Gasteiger partial charge in [0.05, 0.1) is 39.5 Å². The van der Waals surface area contributed by atoms with Crippen LogP contribution in [0.3, 0.4) is 0 Å². The smallest absolute Gasteiger partial charge is 0.271 e. The molecule has 4 rings (SSSR count). The summed E-state index contributed by atoms with van der Waals surface area (Å²) >= 11 is 0. The van der Waals surface area contributed by atoms with Gasteiger partial charge in [0.25, 0.3) is 15.9 Å². The molecule has 13 heteroatoms. The molecule has 0 saturated carbocycles. The van der Waals surface area contributed by atoms with Crippen LogP contribution in [0.2, 0.25) is 0 Å². The highest BCUT2D eigenvalue weighted by Crippen LogP contribution is 2.40. The first kappa shape index (κ1) is 23.6. The van der Waals surface area contributed by atoms with Crippen LogP contribution in [0.5, 0.6) is 17.2 Å². The van der Waals surface area contributed by atoms with Crippen molar-refractivity contribution >= 4 is 15.9 Å². The van der Waals surface area contributed by atoms with Crippen molar-refractivity contribution in [2.24, 2.45) is 0 Å². The fraction of sp³-hybridized carbons (Fsp3) is 0.381. The van der Waals surface area contributed by atoms with Crippen molar-refractivity contribution in [1.29, 1.82) is 0 Å². The number of carbonyl (C=O) groups excluding carboxylic acids is 1. The van der Waals surface area contributed by atoms with E-state index < -0.39 is 10.0 Å². The molecule has 1 aromatic carbocycles. The van der Waals surface area contributed by atoms with E-state index in [0.29, 0.717) is 53.7 Å². The third kappa shape index (κ3) is 4.43. The molecule has 0 spiro atoms. The summed E-state index contributed by atoms with van der Waals surface area (Å²) in [5, 5.41) is 7.11. The molecule has 0 radical (unpaired) electrons. The predicted octanol–water partition coefficient (Wildman–Crippen LogP) is 1.36. The Labute approximate surface area is 196 Å². The summed E-state index contributed by atoms with van der Waals surface area (Å²) < 4.78 is 43.0. The van der Waals surface area contributed by atoms with Gasteiger partial charge in [-0.2, -0.15) is 9.40 Å². The maximum Gasteiger partial charge on any atom is 0.271 e. The Balaban J connectivity index is 1.51. The fourth-order valence-corrected chi connectivity index (χ4v) is 5.20. The summed E-state index contributed by atoms with van der Waals surface area (Å²) in [7, 11) is 0.885. The van der Waals surface area contributed by atoms with E-state index in [0.717, 1.165) is 0 Å². The number of imidazole rings is 1. The van der Waals surface area contributed by atoms with Crippen LogP contribution in [0.4, 0.5) is 0 Å². The van der Waals surface area contributed by atoms with E-state index in [2.05, 4.69) is 20.2 Å². The second-order valence-electron chi connectivity index (χ2n) is 7.55. The minimum atomic E-state index is -3.68. The van der Waals surface area contributed by atoms with Crippen LogP contribution in [-0.4, -0.2) is 91.2 Å². The van der Waals surface area contributed by atoms with Crippen molar-refractivity contribution in [1.82, 2.24) is 29.4 Å². The maximum atomic E-state index is 13.1. The first-order valence-electron chi connectivity index (χ1n) is 10.5. The van der Waals surface area contributed by atoms with Crippen LogP contribution in [0, 0.1) is 0 Å². The number of nitrogens with zero attached hydrogens (tertiary/aromatic N) is 4. The molecule has 1 aliphatic heterocycles. The molecule has 1 aliphatic rings. The molecule has 1 amide bonds. The number of nitrogens with one attached hydrogen (secondary N) is 2. The quantitative estimate of drug-likeness (QED) is 0.505. The molecule has 1 saturated heterocycles. The van der Waals surface area contributed by atoms with Gasteiger partial charge in [-0.25, -0.2) is 13.4 Å². The van der Waals surface area contributed by atoms with Gasteiger partial charge in [0.1, 0.15) is 5.69 Å². The van der Waals surface area contributed by atoms with Crippen molar-refractivity contribution < 1.29 is 27.4 Å². The molecular formula is C21H26N6O6S. The number of benzene rings is 1. The Morgan fingerprint density at radius 1 is 1.00 bits per heavy atom. The van der Waals surface area contributed by atoms with E-state index in [1.54, 1.807) is 23.1 Å². The Bertz CT molecular complexity index is 1230. The van der Waals surface area contributed by atoms with Gasteiger partial charge in [-0.15, -0.1) is 0 Å². The summed E-state index contributed by atoms with van der Waals surface area (Å²) in [6.45, 7) is 1.17. The van der Waals surface area contributed by atoms with Gasteiger partial charge >= 0.3 is 0 Å². The second kappa shape index (κ2) is 9.73. The van der Waals surface area contributed by atoms with Gasteiger partial charge in [0, 0.05) is 31.7 Å². The maximum absolute atomic E-state index is 13.1. The van der Waals surface area contributed by atoms with Gasteiger partial charge in [0.2, 0.25) is 5.75 Å². The molecule has 3 heterocycles. The summed E-state index contributed by atoms with van der Waals surface area (Å²) in [5.41, 5.74) is 1.51. The molecule has 34 heavy (non-hydrogen) atoms. The fourth-order valence-electron chi connectivity index (χ4n) is 3.84. The second-order valence-corrected chi connectivity index (χ2v) is 9.45. The molecule has 12 nitrogen and oxygen atoms in total. The summed E-state index contributed by atoms with van der Waals surface area (Å²) in [5.74, 6) is 1.14. The van der Waals surface area contributed by atoms with Crippen LogP contribution in [0.25, 0.3) is 11.3 Å². The third-order valence-corrected chi connectivity index (χ3v) is 7.43. The lowest BCUT2D eigenvalue weighted by atomic mass is 10.1. The number of ether oxygens (including phenoxy) is 3. The number of aromatic nitrogens is 4. The Morgan fingerprint density at radius 2 is 1.74 bits per heavy atom. The highest BCUT2D eigenvalue weighted by molar-refractivity contribution is 7.89. The zero-order valence-corrected chi connectivity index (χ0v) is 19.9. The van der Waals surface area contributed by atoms with Gasteiger partial charge in [-0.05, 0) is 24.6 Å². The van der Waals surface area contributed by atoms with Crippen LogP contribution < -0.4 is 14.2 Å². The van der Waals surface area contributed by atoms with Crippen molar-refractivity contribution in [2.75, 3.05) is 47.5 Å². The molecule has 0 bridgehead atoms. The predicted molar refractivity (Wildman–Crippen MR) is 122 cm³/mol. The lowest BCUT2D eigenvalue weighted by molar-refractivity contribution is 0.0758. The number of carbonyl (C=O) groups is 1. The number of hydrogen-bond acceptors (Lipinski definition) is 8. The average molecular weight is 491 g/mol. The molecule has 0 aliphatic carbocycles. The van der Waals surface area contributed by atoms with E-state index in [9.17, 15) is 13.2 Å². The van der Waals surface area contributed by atoms with Gasteiger partial charge in [-0.1, -0.05) is 0 Å². The molecule has 2 N–H and O–H groups in total. The Hall–Kier alpha value is -3.58. The Kier molecular flexibility index (Phi) is 6.75. The topological polar surface area (TPSA) is 143 Å². The number of amides is 1. The van der Waals surface area contributed by atoms with Crippen molar-refractivity contribution in [2.45, 2.75) is 11.4 Å². The average Bonchev–Trinajstić information content (AvgIpc) is 3.51. The normalized spacial score (nSPS) is 15.1. The number of hydrogen-bond donors (Lipinski definition) is 2. The number of aromatic amines is 2. The summed E-state index contributed by atoms with van der Waals surface area (Å²) in [4.78, 5) is 21.2. The zero-order chi connectivity index (χ0) is 24.3. The monoisotopic (exact) mass is 490 g/mol. The minimum absolute atomic E-state index is 0.0378.